The molecule has 2 N–H and O–H groups in total. The quantitative estimate of drug-likeness (QED) is 0.692. The van der Waals surface area contributed by atoms with Crippen LogP contribution in [-0.4, -0.2) is 51.6 Å². The molecule has 0 bridgehead atoms. The normalized spacial score (nSPS) is 28.9. The number of ether oxygens (including phenoxy) is 2. The minimum Gasteiger partial charge on any atom is -0.380 e. The summed E-state index contributed by atoms with van der Waals surface area (Å²) in [4.78, 5) is 0. The van der Waals surface area contributed by atoms with Gasteiger partial charge in [-0.3, -0.25) is 0 Å². The molecule has 3 atom stereocenters. The Labute approximate surface area is 104 Å². The molecule has 4 nitrogen and oxygen atoms in total. The van der Waals surface area contributed by atoms with Crippen molar-refractivity contribution < 1.29 is 9.47 Å². The molecule has 0 radical (unpaired) electrons. The first-order valence-corrected chi connectivity index (χ1v) is 6.87. The average molecular weight is 242 g/mol. The van der Waals surface area contributed by atoms with E-state index in [-0.39, 0.29) is 0 Å². The zero-order valence-corrected chi connectivity index (χ0v) is 11.1. The maximum absolute atomic E-state index is 5.51. The minimum absolute atomic E-state index is 0.410. The van der Waals surface area contributed by atoms with E-state index in [1.54, 1.807) is 0 Å². The van der Waals surface area contributed by atoms with E-state index in [1.165, 1.54) is 12.8 Å². The molecule has 17 heavy (non-hydrogen) atoms. The number of nitrogens with one attached hydrogen (secondary N) is 2. The number of rotatable bonds is 7. The average Bonchev–Trinajstić information content (AvgIpc) is 3.16. The van der Waals surface area contributed by atoms with Gasteiger partial charge in [-0.15, -0.1) is 0 Å². The molecule has 1 heterocycles. The summed E-state index contributed by atoms with van der Waals surface area (Å²) in [6, 6.07) is 1.03. The van der Waals surface area contributed by atoms with Crippen LogP contribution in [0.1, 0.15) is 26.2 Å². The zero-order valence-electron chi connectivity index (χ0n) is 11.1. The van der Waals surface area contributed by atoms with Crippen LogP contribution in [0.15, 0.2) is 0 Å². The lowest BCUT2D eigenvalue weighted by molar-refractivity contribution is 0.0659. The third-order valence-electron chi connectivity index (χ3n) is 3.75. The largest absolute Gasteiger partial charge is 0.380 e. The van der Waals surface area contributed by atoms with Crippen LogP contribution in [0.25, 0.3) is 0 Å². The van der Waals surface area contributed by atoms with Gasteiger partial charge < -0.3 is 20.1 Å². The van der Waals surface area contributed by atoms with Crippen LogP contribution in [0.2, 0.25) is 0 Å². The zero-order chi connectivity index (χ0) is 12.1. The summed E-state index contributed by atoms with van der Waals surface area (Å²) < 4.78 is 11.0. The van der Waals surface area contributed by atoms with Crippen molar-refractivity contribution in [3.05, 3.63) is 0 Å². The van der Waals surface area contributed by atoms with Gasteiger partial charge in [0.25, 0.3) is 0 Å². The summed E-state index contributed by atoms with van der Waals surface area (Å²) in [5.74, 6) is 0.802. The Morgan fingerprint density at radius 1 is 1.47 bits per heavy atom. The maximum atomic E-state index is 5.51. The summed E-state index contributed by atoms with van der Waals surface area (Å²) in [7, 11) is 1.83. The highest BCUT2D eigenvalue weighted by atomic mass is 16.5. The van der Waals surface area contributed by atoms with Crippen LogP contribution in [0.5, 0.6) is 0 Å². The van der Waals surface area contributed by atoms with Gasteiger partial charge in [0.15, 0.2) is 0 Å². The highest BCUT2D eigenvalue weighted by Gasteiger charge is 2.31. The molecular formula is C13H26N2O2. The number of methoxy groups -OCH3 is 1. The Morgan fingerprint density at radius 2 is 2.29 bits per heavy atom. The van der Waals surface area contributed by atoms with Crippen molar-refractivity contribution in [1.29, 1.82) is 0 Å². The molecular weight excluding hydrogens is 216 g/mol. The van der Waals surface area contributed by atoms with E-state index in [2.05, 4.69) is 17.6 Å². The van der Waals surface area contributed by atoms with Crippen molar-refractivity contribution in [2.75, 3.05) is 33.4 Å². The summed E-state index contributed by atoms with van der Waals surface area (Å²) in [5, 5.41) is 7.07. The fourth-order valence-electron chi connectivity index (χ4n) is 2.51. The van der Waals surface area contributed by atoms with E-state index in [0.717, 1.165) is 38.6 Å². The summed E-state index contributed by atoms with van der Waals surface area (Å²) >= 11 is 0. The molecule has 0 aromatic carbocycles. The molecule has 1 saturated heterocycles. The lowest BCUT2D eigenvalue weighted by Crippen LogP contribution is -2.46. The Balaban J connectivity index is 1.60. The molecule has 1 aliphatic carbocycles. The van der Waals surface area contributed by atoms with Gasteiger partial charge in [-0.05, 0) is 32.1 Å². The second-order valence-corrected chi connectivity index (χ2v) is 5.38. The topological polar surface area (TPSA) is 42.5 Å². The Morgan fingerprint density at radius 3 is 2.88 bits per heavy atom. The van der Waals surface area contributed by atoms with Crippen molar-refractivity contribution in [1.82, 2.24) is 10.6 Å². The molecule has 2 rings (SSSR count). The molecule has 2 aliphatic rings. The first-order chi connectivity index (χ1) is 8.29. The van der Waals surface area contributed by atoms with Crippen molar-refractivity contribution in [2.45, 2.75) is 44.4 Å². The van der Waals surface area contributed by atoms with E-state index in [1.807, 2.05) is 7.11 Å². The van der Waals surface area contributed by atoms with Crippen LogP contribution in [0.3, 0.4) is 0 Å². The molecule has 100 valence electrons. The first kappa shape index (κ1) is 13.3. The van der Waals surface area contributed by atoms with Crippen LogP contribution in [0, 0.1) is 5.92 Å². The monoisotopic (exact) mass is 242 g/mol. The lowest BCUT2D eigenvalue weighted by atomic mass is 10.1. The fourth-order valence-corrected chi connectivity index (χ4v) is 2.51. The summed E-state index contributed by atoms with van der Waals surface area (Å²) in [6.07, 6.45) is 4.22. The second kappa shape index (κ2) is 6.69. The van der Waals surface area contributed by atoms with Crippen molar-refractivity contribution in [2.24, 2.45) is 5.92 Å². The lowest BCUT2D eigenvalue weighted by Gasteiger charge is -2.27. The van der Waals surface area contributed by atoms with Gasteiger partial charge in [-0.2, -0.15) is 0 Å². The summed E-state index contributed by atoms with van der Waals surface area (Å²) in [6.45, 7) is 5.92. The third kappa shape index (κ3) is 4.54. The SMILES string of the molecule is COC(CNC(C)CC1COCCN1)C1CC1. The predicted octanol–water partition coefficient (Wildman–Crippen LogP) is 0.768. The number of hydrogen-bond acceptors (Lipinski definition) is 4. The molecule has 0 amide bonds. The minimum atomic E-state index is 0.410. The van der Waals surface area contributed by atoms with Gasteiger partial charge in [0.05, 0.1) is 19.3 Å². The Hall–Kier alpha value is -0.160. The molecule has 4 heteroatoms. The van der Waals surface area contributed by atoms with Gasteiger partial charge in [0.2, 0.25) is 0 Å². The van der Waals surface area contributed by atoms with E-state index in [9.17, 15) is 0 Å². The molecule has 0 aromatic rings. The van der Waals surface area contributed by atoms with Gasteiger partial charge in [-0.25, -0.2) is 0 Å². The van der Waals surface area contributed by atoms with Gasteiger partial charge >= 0.3 is 0 Å². The van der Waals surface area contributed by atoms with E-state index < -0.39 is 0 Å². The molecule has 2 fully saturated rings. The van der Waals surface area contributed by atoms with E-state index in [0.29, 0.717) is 18.2 Å². The number of morpholine rings is 1. The van der Waals surface area contributed by atoms with Gasteiger partial charge in [-0.1, -0.05) is 0 Å². The van der Waals surface area contributed by atoms with E-state index >= 15 is 0 Å². The third-order valence-corrected chi connectivity index (χ3v) is 3.75. The molecule has 1 aliphatic heterocycles. The standard InChI is InChI=1S/C13H26N2O2/c1-10(7-12-9-17-6-5-14-12)15-8-13(16-2)11-3-4-11/h10-15H,3-9H2,1-2H3. The summed E-state index contributed by atoms with van der Waals surface area (Å²) in [5.41, 5.74) is 0. The molecule has 3 unspecified atom stereocenters. The predicted molar refractivity (Wildman–Crippen MR) is 68.2 cm³/mol. The smallest absolute Gasteiger partial charge is 0.0723 e. The van der Waals surface area contributed by atoms with Crippen LogP contribution >= 0.6 is 0 Å². The fraction of sp³-hybridized carbons (Fsp3) is 1.00. The highest BCUT2D eigenvalue weighted by Crippen LogP contribution is 2.33. The maximum Gasteiger partial charge on any atom is 0.0723 e. The molecule has 1 saturated carbocycles. The Bertz CT molecular complexity index is 215. The van der Waals surface area contributed by atoms with Crippen molar-refractivity contribution >= 4 is 0 Å². The van der Waals surface area contributed by atoms with Crippen LogP contribution < -0.4 is 10.6 Å². The van der Waals surface area contributed by atoms with Gasteiger partial charge in [0, 0.05) is 32.3 Å². The van der Waals surface area contributed by atoms with Crippen molar-refractivity contribution in [3.8, 4) is 0 Å². The first-order valence-electron chi connectivity index (χ1n) is 6.87. The van der Waals surface area contributed by atoms with Crippen LogP contribution in [-0.2, 0) is 9.47 Å². The highest BCUT2D eigenvalue weighted by molar-refractivity contribution is 4.84. The van der Waals surface area contributed by atoms with Gasteiger partial charge in [0.1, 0.15) is 0 Å². The molecule has 0 spiro atoms. The second-order valence-electron chi connectivity index (χ2n) is 5.38. The van der Waals surface area contributed by atoms with Crippen molar-refractivity contribution in [3.63, 3.8) is 0 Å². The van der Waals surface area contributed by atoms with E-state index in [4.69, 9.17) is 9.47 Å². The Kier molecular flexibility index (Phi) is 5.22. The number of hydrogen-bond donors (Lipinski definition) is 2. The van der Waals surface area contributed by atoms with Crippen LogP contribution in [0.4, 0.5) is 0 Å². The molecule has 0 aromatic heterocycles.